The van der Waals surface area contributed by atoms with Gasteiger partial charge in [-0.1, -0.05) is 34.1 Å². The fourth-order valence-corrected chi connectivity index (χ4v) is 2.65. The molecule has 7 N–H and O–H groups in total. The van der Waals surface area contributed by atoms with Gasteiger partial charge < -0.3 is 31.9 Å². The second-order valence-corrected chi connectivity index (χ2v) is 7.82. The third-order valence-corrected chi connectivity index (χ3v) is 5.03. The summed E-state index contributed by atoms with van der Waals surface area (Å²) in [5, 5.41) is 26.2. The smallest absolute Gasteiger partial charge is 0.326 e. The van der Waals surface area contributed by atoms with Gasteiger partial charge in [0.2, 0.25) is 17.7 Å². The first-order valence-electron chi connectivity index (χ1n) is 9.55. The lowest BCUT2D eigenvalue weighted by molar-refractivity contribution is -0.143. The molecule has 0 saturated carbocycles. The van der Waals surface area contributed by atoms with Gasteiger partial charge in [-0.3, -0.25) is 14.4 Å². The molecule has 0 aliphatic rings. The van der Waals surface area contributed by atoms with Crippen LogP contribution in [-0.2, 0) is 19.2 Å². The molecule has 3 amide bonds. The maximum absolute atomic E-state index is 12.6. The summed E-state index contributed by atoms with van der Waals surface area (Å²) in [6.07, 6.45) is -0.600. The van der Waals surface area contributed by atoms with E-state index in [1.165, 1.54) is 6.92 Å². The molecule has 168 valence electrons. The highest BCUT2D eigenvalue weighted by Crippen LogP contribution is 2.07. The van der Waals surface area contributed by atoms with Gasteiger partial charge in [0.1, 0.15) is 18.1 Å². The number of nitrogens with one attached hydrogen (secondary N) is 3. The van der Waals surface area contributed by atoms with E-state index < -0.39 is 54.0 Å². The van der Waals surface area contributed by atoms with Crippen molar-refractivity contribution in [3.63, 3.8) is 0 Å². The quantitative estimate of drug-likeness (QED) is 0.190. The summed E-state index contributed by atoms with van der Waals surface area (Å²) in [7, 11) is 0. The fraction of sp³-hybridized carbons (Fsp3) is 0.778. The highest BCUT2D eigenvalue weighted by atomic mass is 32.1. The Morgan fingerprint density at radius 2 is 1.45 bits per heavy atom. The van der Waals surface area contributed by atoms with E-state index in [9.17, 15) is 29.4 Å². The summed E-state index contributed by atoms with van der Waals surface area (Å²) >= 11 is 4.02. The second-order valence-electron chi connectivity index (χ2n) is 7.45. The van der Waals surface area contributed by atoms with E-state index in [1.807, 2.05) is 6.92 Å². The number of aliphatic carboxylic acids is 1. The van der Waals surface area contributed by atoms with Crippen molar-refractivity contribution in [3.8, 4) is 0 Å². The molecule has 0 bridgehead atoms. The molecule has 0 aromatic heterocycles. The van der Waals surface area contributed by atoms with Crippen LogP contribution in [0.25, 0.3) is 0 Å². The topological polar surface area (TPSA) is 171 Å². The number of aliphatic hydroxyl groups excluding tert-OH is 1. The average molecular weight is 435 g/mol. The normalized spacial score (nSPS) is 17.4. The van der Waals surface area contributed by atoms with E-state index in [2.05, 4.69) is 28.6 Å². The SMILES string of the molecule is CCC(C)C(N)C(=O)NC(C(=O)NC(CS)C(=O)NC(C(=O)O)C(C)C)C(C)O. The Morgan fingerprint density at radius 3 is 1.83 bits per heavy atom. The van der Waals surface area contributed by atoms with Gasteiger partial charge >= 0.3 is 5.97 Å². The molecule has 0 rings (SSSR count). The molecule has 0 aromatic carbocycles. The molecule has 0 saturated heterocycles. The zero-order chi connectivity index (χ0) is 22.9. The number of nitrogens with two attached hydrogens (primary N) is 1. The molecule has 11 heteroatoms. The van der Waals surface area contributed by atoms with E-state index >= 15 is 0 Å². The summed E-state index contributed by atoms with van der Waals surface area (Å²) in [4.78, 5) is 48.4. The van der Waals surface area contributed by atoms with Crippen molar-refractivity contribution in [2.45, 2.75) is 71.3 Å². The Bertz CT molecular complexity index is 587. The Balaban J connectivity index is 5.20. The molecular formula is C18H34N4O6S. The minimum Gasteiger partial charge on any atom is -0.480 e. The van der Waals surface area contributed by atoms with Crippen LogP contribution >= 0.6 is 12.6 Å². The molecular weight excluding hydrogens is 400 g/mol. The number of aliphatic hydroxyl groups is 1. The van der Waals surface area contributed by atoms with Crippen LogP contribution in [0.5, 0.6) is 0 Å². The number of amides is 3. The van der Waals surface area contributed by atoms with Crippen LogP contribution in [0.1, 0.15) is 41.0 Å². The number of carboxylic acids is 1. The summed E-state index contributed by atoms with van der Waals surface area (Å²) in [6.45, 7) is 8.23. The first-order valence-corrected chi connectivity index (χ1v) is 10.2. The van der Waals surface area contributed by atoms with E-state index in [0.29, 0.717) is 6.42 Å². The van der Waals surface area contributed by atoms with Crippen LogP contribution in [0.4, 0.5) is 0 Å². The minimum atomic E-state index is -1.34. The predicted octanol–water partition coefficient (Wildman–Crippen LogP) is -1.13. The Labute approximate surface area is 176 Å². The highest BCUT2D eigenvalue weighted by Gasteiger charge is 2.33. The van der Waals surface area contributed by atoms with Crippen LogP contribution < -0.4 is 21.7 Å². The van der Waals surface area contributed by atoms with Crippen LogP contribution in [0.15, 0.2) is 0 Å². The molecule has 6 unspecified atom stereocenters. The molecule has 0 fully saturated rings. The Kier molecular flexibility index (Phi) is 11.8. The van der Waals surface area contributed by atoms with Gasteiger partial charge in [0.05, 0.1) is 12.1 Å². The van der Waals surface area contributed by atoms with Crippen molar-refractivity contribution in [3.05, 3.63) is 0 Å². The van der Waals surface area contributed by atoms with Crippen LogP contribution in [0, 0.1) is 11.8 Å². The standard InChI is InChI=1S/C18H34N4O6S/c1-6-9(4)12(19)16(25)22-14(10(5)23)17(26)20-11(7-29)15(24)21-13(8(2)3)18(27)28/h8-14,23,29H,6-7,19H2,1-5H3,(H,20,26)(H,21,24)(H,22,25)(H,27,28). The maximum atomic E-state index is 12.6. The van der Waals surface area contributed by atoms with E-state index in [0.717, 1.165) is 0 Å². The van der Waals surface area contributed by atoms with E-state index in [4.69, 9.17) is 5.73 Å². The van der Waals surface area contributed by atoms with Crippen LogP contribution in [-0.4, -0.2) is 69.9 Å². The average Bonchev–Trinajstić information content (AvgIpc) is 2.65. The number of thiol groups is 1. The summed E-state index contributed by atoms with van der Waals surface area (Å²) < 4.78 is 0. The third kappa shape index (κ3) is 8.58. The van der Waals surface area contributed by atoms with E-state index in [1.54, 1.807) is 20.8 Å². The lowest BCUT2D eigenvalue weighted by Crippen LogP contribution is -2.60. The summed E-state index contributed by atoms with van der Waals surface area (Å²) in [5.74, 6) is -3.97. The van der Waals surface area contributed by atoms with Gasteiger partial charge in [-0.15, -0.1) is 0 Å². The monoisotopic (exact) mass is 434 g/mol. The molecule has 0 aromatic rings. The van der Waals surface area contributed by atoms with Gasteiger partial charge in [0.15, 0.2) is 0 Å². The molecule has 29 heavy (non-hydrogen) atoms. The Morgan fingerprint density at radius 1 is 0.931 bits per heavy atom. The lowest BCUT2D eigenvalue weighted by atomic mass is 9.98. The van der Waals surface area contributed by atoms with Gasteiger partial charge in [-0.05, 0) is 18.8 Å². The van der Waals surface area contributed by atoms with E-state index in [-0.39, 0.29) is 17.6 Å². The van der Waals surface area contributed by atoms with Crippen molar-refractivity contribution in [2.75, 3.05) is 5.75 Å². The third-order valence-electron chi connectivity index (χ3n) is 4.67. The number of hydrogen-bond donors (Lipinski definition) is 7. The first-order chi connectivity index (χ1) is 13.4. The minimum absolute atomic E-state index is 0.116. The van der Waals surface area contributed by atoms with Crippen molar-refractivity contribution >= 4 is 36.3 Å². The largest absolute Gasteiger partial charge is 0.480 e. The summed E-state index contributed by atoms with van der Waals surface area (Å²) in [5.41, 5.74) is 5.85. The first kappa shape index (κ1) is 27.1. The van der Waals surface area contributed by atoms with Crippen LogP contribution in [0.2, 0.25) is 0 Å². The molecule has 0 spiro atoms. The van der Waals surface area contributed by atoms with Crippen LogP contribution in [0.3, 0.4) is 0 Å². The molecule has 0 aliphatic heterocycles. The summed E-state index contributed by atoms with van der Waals surface area (Å²) in [6, 6.07) is -4.50. The number of carboxylic acid groups (broad SMARTS) is 1. The molecule has 0 radical (unpaired) electrons. The van der Waals surface area contributed by atoms with Gasteiger partial charge in [0, 0.05) is 5.75 Å². The van der Waals surface area contributed by atoms with Gasteiger partial charge in [-0.25, -0.2) is 4.79 Å². The zero-order valence-corrected chi connectivity index (χ0v) is 18.4. The fourth-order valence-electron chi connectivity index (χ4n) is 2.39. The maximum Gasteiger partial charge on any atom is 0.326 e. The van der Waals surface area contributed by atoms with Crippen molar-refractivity contribution in [1.29, 1.82) is 0 Å². The van der Waals surface area contributed by atoms with Gasteiger partial charge in [0.25, 0.3) is 0 Å². The number of carbonyl (C=O) groups excluding carboxylic acids is 3. The second kappa shape index (κ2) is 12.7. The molecule has 0 aliphatic carbocycles. The van der Waals surface area contributed by atoms with Crippen molar-refractivity contribution in [2.24, 2.45) is 17.6 Å². The molecule has 10 nitrogen and oxygen atoms in total. The molecule has 0 heterocycles. The predicted molar refractivity (Wildman–Crippen MR) is 111 cm³/mol. The lowest BCUT2D eigenvalue weighted by Gasteiger charge is -2.27. The molecule has 6 atom stereocenters. The number of hydrogen-bond acceptors (Lipinski definition) is 7. The number of carbonyl (C=O) groups is 4. The number of rotatable bonds is 12. The zero-order valence-electron chi connectivity index (χ0n) is 17.5. The van der Waals surface area contributed by atoms with Crippen molar-refractivity contribution < 1.29 is 29.4 Å². The van der Waals surface area contributed by atoms with Crippen molar-refractivity contribution in [1.82, 2.24) is 16.0 Å². The van der Waals surface area contributed by atoms with Gasteiger partial charge in [-0.2, -0.15) is 12.6 Å². The highest BCUT2D eigenvalue weighted by molar-refractivity contribution is 7.80. The Hall–Kier alpha value is -1.85.